The number of nitrogens with one attached hydrogen (secondary N) is 1. The molecule has 0 bridgehead atoms. The van der Waals surface area contributed by atoms with Crippen LogP contribution in [0.2, 0.25) is 0 Å². The highest BCUT2D eigenvalue weighted by Gasteiger charge is 2.05. The molecule has 0 radical (unpaired) electrons. The van der Waals surface area contributed by atoms with Crippen molar-refractivity contribution in [2.24, 2.45) is 5.73 Å². The molecular formula is C9H10BrN3OS. The standard InChI is InChI=1S/C9H10BrN3OS/c1-5-2-8(12-4-6(5)10)13-9(14)3-7(11)15/h2,4H,3H2,1H3,(H2,11,15)(H,12,13,14). The Bertz CT molecular complexity index is 408. The zero-order chi connectivity index (χ0) is 11.4. The predicted molar refractivity (Wildman–Crippen MR) is 66.7 cm³/mol. The largest absolute Gasteiger partial charge is 0.393 e. The molecule has 4 nitrogen and oxygen atoms in total. The second-order valence-electron chi connectivity index (χ2n) is 3.01. The van der Waals surface area contributed by atoms with Crippen molar-refractivity contribution in [2.75, 3.05) is 5.32 Å². The Morgan fingerprint density at radius 2 is 2.40 bits per heavy atom. The second-order valence-corrected chi connectivity index (χ2v) is 4.39. The topological polar surface area (TPSA) is 68.0 Å². The maximum absolute atomic E-state index is 11.3. The van der Waals surface area contributed by atoms with Gasteiger partial charge in [0.1, 0.15) is 5.82 Å². The summed E-state index contributed by atoms with van der Waals surface area (Å²) in [6.45, 7) is 1.91. The Morgan fingerprint density at radius 3 is 2.93 bits per heavy atom. The van der Waals surface area contributed by atoms with Crippen LogP contribution in [-0.4, -0.2) is 15.9 Å². The zero-order valence-electron chi connectivity index (χ0n) is 8.08. The molecule has 1 heterocycles. The van der Waals surface area contributed by atoms with Crippen LogP contribution in [0.25, 0.3) is 0 Å². The van der Waals surface area contributed by atoms with Crippen LogP contribution in [0.15, 0.2) is 16.7 Å². The molecule has 80 valence electrons. The van der Waals surface area contributed by atoms with Crippen LogP contribution in [-0.2, 0) is 4.79 Å². The number of nitrogens with two attached hydrogens (primary N) is 1. The molecule has 6 heteroatoms. The summed E-state index contributed by atoms with van der Waals surface area (Å²) in [5.74, 6) is 0.244. The second kappa shape index (κ2) is 5.18. The third kappa shape index (κ3) is 3.93. The molecule has 3 N–H and O–H groups in total. The van der Waals surface area contributed by atoms with Crippen LogP contribution in [0.3, 0.4) is 0 Å². The van der Waals surface area contributed by atoms with E-state index >= 15 is 0 Å². The minimum atomic E-state index is -0.253. The van der Waals surface area contributed by atoms with Crippen molar-refractivity contribution >= 4 is 44.9 Å². The summed E-state index contributed by atoms with van der Waals surface area (Å²) < 4.78 is 0.898. The lowest BCUT2D eigenvalue weighted by atomic mass is 10.3. The number of anilines is 1. The third-order valence-electron chi connectivity index (χ3n) is 1.65. The molecule has 0 atom stereocenters. The van der Waals surface area contributed by atoms with Crippen molar-refractivity contribution in [3.8, 4) is 0 Å². The summed E-state index contributed by atoms with van der Waals surface area (Å²) in [6.07, 6.45) is 1.66. The molecule has 0 saturated heterocycles. The number of hydrogen-bond donors (Lipinski definition) is 2. The zero-order valence-corrected chi connectivity index (χ0v) is 10.5. The molecule has 1 amide bonds. The number of thiocarbonyl (C=S) groups is 1. The van der Waals surface area contributed by atoms with Gasteiger partial charge in [-0.25, -0.2) is 4.98 Å². The molecule has 0 fully saturated rings. The quantitative estimate of drug-likeness (QED) is 0.832. The van der Waals surface area contributed by atoms with Gasteiger partial charge in [0, 0.05) is 10.7 Å². The number of carbonyl (C=O) groups is 1. The first kappa shape index (κ1) is 12.1. The van der Waals surface area contributed by atoms with Crippen LogP contribution in [0.1, 0.15) is 12.0 Å². The molecule has 1 aromatic rings. The van der Waals surface area contributed by atoms with E-state index in [9.17, 15) is 4.79 Å². The van der Waals surface area contributed by atoms with Gasteiger partial charge in [-0.05, 0) is 34.5 Å². The van der Waals surface area contributed by atoms with Gasteiger partial charge in [-0.3, -0.25) is 4.79 Å². The normalized spacial score (nSPS) is 9.73. The van der Waals surface area contributed by atoms with Gasteiger partial charge in [-0.2, -0.15) is 0 Å². The molecule has 15 heavy (non-hydrogen) atoms. The van der Waals surface area contributed by atoms with Gasteiger partial charge in [0.15, 0.2) is 0 Å². The SMILES string of the molecule is Cc1cc(NC(=O)CC(N)=S)ncc1Br. The molecule has 0 aliphatic heterocycles. The van der Waals surface area contributed by atoms with Gasteiger partial charge in [0.2, 0.25) is 5.91 Å². The molecule has 0 spiro atoms. The van der Waals surface area contributed by atoms with Gasteiger partial charge in [-0.15, -0.1) is 0 Å². The van der Waals surface area contributed by atoms with E-state index in [1.807, 2.05) is 6.92 Å². The van der Waals surface area contributed by atoms with Gasteiger partial charge in [0.25, 0.3) is 0 Å². The fourth-order valence-electron chi connectivity index (χ4n) is 0.953. The Labute approximate surface area is 101 Å². The Hall–Kier alpha value is -1.01. The lowest BCUT2D eigenvalue weighted by Crippen LogP contribution is -2.20. The van der Waals surface area contributed by atoms with Crippen molar-refractivity contribution in [3.63, 3.8) is 0 Å². The molecular weight excluding hydrogens is 278 g/mol. The molecule has 1 aromatic heterocycles. The van der Waals surface area contributed by atoms with Gasteiger partial charge >= 0.3 is 0 Å². The van der Waals surface area contributed by atoms with E-state index in [-0.39, 0.29) is 17.3 Å². The fraction of sp³-hybridized carbons (Fsp3) is 0.222. The number of aromatic nitrogens is 1. The first-order valence-electron chi connectivity index (χ1n) is 4.19. The van der Waals surface area contributed by atoms with Gasteiger partial charge < -0.3 is 11.1 Å². The van der Waals surface area contributed by atoms with Crippen molar-refractivity contribution in [1.82, 2.24) is 4.98 Å². The van der Waals surface area contributed by atoms with E-state index in [0.29, 0.717) is 5.82 Å². The maximum Gasteiger partial charge on any atom is 0.232 e. The van der Waals surface area contributed by atoms with E-state index in [1.165, 1.54) is 0 Å². The van der Waals surface area contributed by atoms with E-state index in [1.54, 1.807) is 12.3 Å². The molecule has 0 saturated carbocycles. The Kier molecular flexibility index (Phi) is 4.16. The fourth-order valence-corrected chi connectivity index (χ4v) is 1.30. The molecule has 1 rings (SSSR count). The number of nitrogens with zero attached hydrogens (tertiary/aromatic N) is 1. The predicted octanol–water partition coefficient (Wildman–Crippen LogP) is 1.77. The smallest absolute Gasteiger partial charge is 0.232 e. The van der Waals surface area contributed by atoms with E-state index < -0.39 is 0 Å². The molecule has 0 aromatic carbocycles. The number of amides is 1. The third-order valence-corrected chi connectivity index (χ3v) is 2.62. The van der Waals surface area contributed by atoms with Crippen LogP contribution >= 0.6 is 28.1 Å². The number of pyridine rings is 1. The summed E-state index contributed by atoms with van der Waals surface area (Å²) in [4.78, 5) is 15.5. The number of aryl methyl sites for hydroxylation is 1. The summed E-state index contributed by atoms with van der Waals surface area (Å²) in [5, 5.41) is 2.60. The highest BCUT2D eigenvalue weighted by Crippen LogP contribution is 2.17. The number of hydrogen-bond acceptors (Lipinski definition) is 3. The lowest BCUT2D eigenvalue weighted by molar-refractivity contribution is -0.115. The summed E-state index contributed by atoms with van der Waals surface area (Å²) in [5.41, 5.74) is 6.24. The van der Waals surface area contributed by atoms with Crippen LogP contribution in [0.5, 0.6) is 0 Å². The summed E-state index contributed by atoms with van der Waals surface area (Å²) in [6, 6.07) is 1.77. The summed E-state index contributed by atoms with van der Waals surface area (Å²) in [7, 11) is 0. The minimum absolute atomic E-state index is 0.0339. The number of halogens is 1. The lowest BCUT2D eigenvalue weighted by Gasteiger charge is -2.05. The van der Waals surface area contributed by atoms with Crippen molar-refractivity contribution in [3.05, 3.63) is 22.3 Å². The first-order chi connectivity index (χ1) is 6.99. The monoisotopic (exact) mass is 287 g/mol. The molecule has 0 aliphatic carbocycles. The first-order valence-corrected chi connectivity index (χ1v) is 5.39. The highest BCUT2D eigenvalue weighted by atomic mass is 79.9. The van der Waals surface area contributed by atoms with Crippen LogP contribution in [0, 0.1) is 6.92 Å². The van der Waals surface area contributed by atoms with E-state index in [0.717, 1.165) is 10.0 Å². The maximum atomic E-state index is 11.3. The summed E-state index contributed by atoms with van der Waals surface area (Å²) >= 11 is 7.94. The number of carbonyl (C=O) groups excluding carboxylic acids is 1. The number of rotatable bonds is 3. The van der Waals surface area contributed by atoms with Crippen molar-refractivity contribution in [1.29, 1.82) is 0 Å². The minimum Gasteiger partial charge on any atom is -0.393 e. The van der Waals surface area contributed by atoms with Crippen LogP contribution < -0.4 is 11.1 Å². The van der Waals surface area contributed by atoms with Gasteiger partial charge in [-0.1, -0.05) is 12.2 Å². The molecule has 0 unspecified atom stereocenters. The van der Waals surface area contributed by atoms with Crippen molar-refractivity contribution in [2.45, 2.75) is 13.3 Å². The van der Waals surface area contributed by atoms with Crippen LogP contribution in [0.4, 0.5) is 5.82 Å². The van der Waals surface area contributed by atoms with E-state index in [4.69, 9.17) is 5.73 Å². The van der Waals surface area contributed by atoms with Gasteiger partial charge in [0.05, 0.1) is 11.4 Å². The Balaban J connectivity index is 2.69. The van der Waals surface area contributed by atoms with Crippen molar-refractivity contribution < 1.29 is 4.79 Å². The average Bonchev–Trinajstić information content (AvgIpc) is 2.10. The van der Waals surface area contributed by atoms with E-state index in [2.05, 4.69) is 38.4 Å². The Morgan fingerprint density at radius 1 is 1.73 bits per heavy atom. The molecule has 0 aliphatic rings. The highest BCUT2D eigenvalue weighted by molar-refractivity contribution is 9.10. The average molecular weight is 288 g/mol.